The van der Waals surface area contributed by atoms with E-state index in [4.69, 9.17) is 15.1 Å². The average molecular weight is 220 g/mol. The number of ether oxygens (including phenoxy) is 1. The Labute approximate surface area is 92.9 Å². The summed E-state index contributed by atoms with van der Waals surface area (Å²) in [5.74, 6) is -0.907. The largest absolute Gasteiger partial charge is 0.479 e. The first kappa shape index (κ1) is 10.7. The number of carbonyl (C=O) groups is 1. The van der Waals surface area contributed by atoms with Gasteiger partial charge in [-0.25, -0.2) is 4.79 Å². The van der Waals surface area contributed by atoms with Crippen LogP contribution in [0.15, 0.2) is 18.3 Å². The van der Waals surface area contributed by atoms with Gasteiger partial charge in [-0.15, -0.1) is 0 Å². The van der Waals surface area contributed by atoms with E-state index in [-0.39, 0.29) is 6.10 Å². The molecule has 1 aliphatic heterocycles. The molecule has 2 rings (SSSR count). The van der Waals surface area contributed by atoms with Gasteiger partial charge in [-0.1, -0.05) is 0 Å². The van der Waals surface area contributed by atoms with Gasteiger partial charge in [-0.2, -0.15) is 5.26 Å². The molecule has 2 heterocycles. The van der Waals surface area contributed by atoms with Crippen LogP contribution in [0, 0.1) is 11.3 Å². The number of hydrogen-bond donors (Lipinski definition) is 1. The normalized spacial score (nSPS) is 24.2. The van der Waals surface area contributed by atoms with Gasteiger partial charge in [0.05, 0.1) is 6.10 Å². The van der Waals surface area contributed by atoms with Crippen LogP contribution in [0.4, 0.5) is 0 Å². The summed E-state index contributed by atoms with van der Waals surface area (Å²) in [7, 11) is 0. The molecule has 0 amide bonds. The van der Waals surface area contributed by atoms with Crippen molar-refractivity contribution in [2.24, 2.45) is 0 Å². The molecule has 0 bridgehead atoms. The third-order valence-corrected chi connectivity index (χ3v) is 2.73. The van der Waals surface area contributed by atoms with Crippen molar-refractivity contribution >= 4 is 5.97 Å². The molecule has 1 aromatic heterocycles. The van der Waals surface area contributed by atoms with Gasteiger partial charge in [0.15, 0.2) is 6.10 Å². The van der Waals surface area contributed by atoms with Crippen molar-refractivity contribution in [3.63, 3.8) is 0 Å². The van der Waals surface area contributed by atoms with E-state index in [1.807, 2.05) is 0 Å². The number of nitriles is 1. The topological polar surface area (TPSA) is 75.2 Å². The molecular weight excluding hydrogens is 208 g/mol. The van der Waals surface area contributed by atoms with Crippen LogP contribution in [0.2, 0.25) is 0 Å². The fraction of sp³-hybridized carbons (Fsp3) is 0.455. The Balaban J connectivity index is 1.98. The zero-order valence-electron chi connectivity index (χ0n) is 8.67. The van der Waals surface area contributed by atoms with E-state index in [2.05, 4.69) is 6.07 Å². The first-order chi connectivity index (χ1) is 7.70. The quantitative estimate of drug-likeness (QED) is 0.824. The van der Waals surface area contributed by atoms with Crippen LogP contribution >= 0.6 is 0 Å². The van der Waals surface area contributed by atoms with Crippen molar-refractivity contribution in [1.82, 2.24) is 4.57 Å². The Bertz CT molecular complexity index is 433. The molecule has 0 spiro atoms. The van der Waals surface area contributed by atoms with Gasteiger partial charge in [0.25, 0.3) is 0 Å². The minimum Gasteiger partial charge on any atom is -0.479 e. The molecule has 0 radical (unpaired) electrons. The standard InChI is InChI=1S/C11H12N2O3/c12-6-8-2-1-5-13(8)7-9-3-4-10(16-9)11(14)15/h1-2,5,9-10H,3-4,7H2,(H,14,15). The maximum Gasteiger partial charge on any atom is 0.332 e. The van der Waals surface area contributed by atoms with E-state index >= 15 is 0 Å². The van der Waals surface area contributed by atoms with Crippen molar-refractivity contribution < 1.29 is 14.6 Å². The molecule has 0 saturated carbocycles. The summed E-state index contributed by atoms with van der Waals surface area (Å²) in [5, 5.41) is 17.6. The Morgan fingerprint density at radius 1 is 1.69 bits per heavy atom. The number of rotatable bonds is 3. The minimum atomic E-state index is -0.907. The molecule has 1 fully saturated rings. The van der Waals surface area contributed by atoms with Crippen molar-refractivity contribution in [2.45, 2.75) is 31.6 Å². The Kier molecular flexibility index (Phi) is 2.93. The van der Waals surface area contributed by atoms with E-state index in [0.717, 1.165) is 6.42 Å². The molecule has 1 saturated heterocycles. The Hall–Kier alpha value is -1.80. The lowest BCUT2D eigenvalue weighted by atomic mass is 10.2. The van der Waals surface area contributed by atoms with Crippen molar-refractivity contribution in [3.05, 3.63) is 24.0 Å². The molecule has 1 aromatic rings. The summed E-state index contributed by atoms with van der Waals surface area (Å²) < 4.78 is 7.15. The maximum absolute atomic E-state index is 10.7. The molecule has 1 N–H and O–H groups in total. The molecule has 1 aliphatic rings. The van der Waals surface area contributed by atoms with E-state index in [0.29, 0.717) is 18.7 Å². The van der Waals surface area contributed by atoms with Gasteiger partial charge in [-0.05, 0) is 25.0 Å². The number of hydrogen-bond acceptors (Lipinski definition) is 3. The molecule has 5 nitrogen and oxygen atoms in total. The lowest BCUT2D eigenvalue weighted by molar-refractivity contribution is -0.149. The van der Waals surface area contributed by atoms with E-state index in [1.54, 1.807) is 22.9 Å². The lowest BCUT2D eigenvalue weighted by Crippen LogP contribution is -2.23. The SMILES string of the molecule is N#Cc1cccn1CC1CCC(C(=O)O)O1. The van der Waals surface area contributed by atoms with Crippen LogP contribution in [0.3, 0.4) is 0 Å². The van der Waals surface area contributed by atoms with Gasteiger partial charge in [0.2, 0.25) is 0 Å². The van der Waals surface area contributed by atoms with Crippen molar-refractivity contribution in [1.29, 1.82) is 5.26 Å². The Morgan fingerprint density at radius 2 is 2.50 bits per heavy atom. The van der Waals surface area contributed by atoms with Crippen molar-refractivity contribution in [2.75, 3.05) is 0 Å². The third kappa shape index (κ3) is 2.07. The van der Waals surface area contributed by atoms with E-state index < -0.39 is 12.1 Å². The van der Waals surface area contributed by atoms with Crippen molar-refractivity contribution in [3.8, 4) is 6.07 Å². The molecule has 84 valence electrons. The zero-order valence-corrected chi connectivity index (χ0v) is 8.67. The molecule has 0 aromatic carbocycles. The maximum atomic E-state index is 10.7. The summed E-state index contributed by atoms with van der Waals surface area (Å²) >= 11 is 0. The molecule has 2 unspecified atom stereocenters. The number of nitrogens with zero attached hydrogens (tertiary/aromatic N) is 2. The van der Waals surface area contributed by atoms with Crippen LogP contribution in [0.25, 0.3) is 0 Å². The summed E-state index contributed by atoms with van der Waals surface area (Å²) in [4.78, 5) is 10.7. The number of aromatic nitrogens is 1. The smallest absolute Gasteiger partial charge is 0.332 e. The van der Waals surface area contributed by atoms with Crippen LogP contribution in [0.1, 0.15) is 18.5 Å². The second-order valence-corrected chi connectivity index (χ2v) is 3.82. The first-order valence-corrected chi connectivity index (χ1v) is 5.14. The molecule has 2 atom stereocenters. The van der Waals surface area contributed by atoms with Gasteiger partial charge in [0.1, 0.15) is 11.8 Å². The predicted octanol–water partition coefficient (Wildman–Crippen LogP) is 0.992. The summed E-state index contributed by atoms with van der Waals surface area (Å²) in [6.45, 7) is 0.541. The van der Waals surface area contributed by atoms with E-state index in [9.17, 15) is 4.79 Å². The monoisotopic (exact) mass is 220 g/mol. The molecule has 16 heavy (non-hydrogen) atoms. The fourth-order valence-corrected chi connectivity index (χ4v) is 1.92. The number of carboxylic acid groups (broad SMARTS) is 1. The van der Waals surface area contributed by atoms with Crippen LogP contribution < -0.4 is 0 Å². The lowest BCUT2D eigenvalue weighted by Gasteiger charge is -2.12. The fourth-order valence-electron chi connectivity index (χ4n) is 1.92. The number of carboxylic acids is 1. The highest BCUT2D eigenvalue weighted by Crippen LogP contribution is 2.21. The van der Waals surface area contributed by atoms with Gasteiger partial charge in [0, 0.05) is 12.7 Å². The predicted molar refractivity (Wildman–Crippen MR) is 54.7 cm³/mol. The molecule has 5 heteroatoms. The molecule has 0 aliphatic carbocycles. The summed E-state index contributed by atoms with van der Waals surface area (Å²) in [6.07, 6.45) is 2.27. The first-order valence-electron chi connectivity index (χ1n) is 5.14. The van der Waals surface area contributed by atoms with Gasteiger partial charge >= 0.3 is 5.97 Å². The van der Waals surface area contributed by atoms with Gasteiger partial charge < -0.3 is 14.4 Å². The molecular formula is C11H12N2O3. The number of aliphatic carboxylic acids is 1. The minimum absolute atomic E-state index is 0.111. The van der Waals surface area contributed by atoms with Gasteiger partial charge in [-0.3, -0.25) is 0 Å². The summed E-state index contributed by atoms with van der Waals surface area (Å²) in [5.41, 5.74) is 0.572. The Morgan fingerprint density at radius 3 is 3.12 bits per heavy atom. The van der Waals surface area contributed by atoms with Crippen LogP contribution in [0.5, 0.6) is 0 Å². The third-order valence-electron chi connectivity index (χ3n) is 2.73. The zero-order chi connectivity index (χ0) is 11.5. The van der Waals surface area contributed by atoms with Crippen LogP contribution in [-0.4, -0.2) is 27.9 Å². The second kappa shape index (κ2) is 4.37. The highest BCUT2D eigenvalue weighted by Gasteiger charge is 2.30. The second-order valence-electron chi connectivity index (χ2n) is 3.82. The van der Waals surface area contributed by atoms with Crippen LogP contribution in [-0.2, 0) is 16.1 Å². The summed E-state index contributed by atoms with van der Waals surface area (Å²) in [6, 6.07) is 5.59. The van der Waals surface area contributed by atoms with E-state index in [1.165, 1.54) is 0 Å². The average Bonchev–Trinajstić information content (AvgIpc) is 2.87. The highest BCUT2D eigenvalue weighted by atomic mass is 16.5. The highest BCUT2D eigenvalue weighted by molar-refractivity contribution is 5.72.